The van der Waals surface area contributed by atoms with E-state index in [0.29, 0.717) is 62.8 Å². The summed E-state index contributed by atoms with van der Waals surface area (Å²) in [5.41, 5.74) is 0.837. The molecular formula is C23H22F3N3O4. The van der Waals surface area contributed by atoms with E-state index in [1.54, 1.807) is 4.90 Å². The molecule has 1 spiro atoms. The van der Waals surface area contributed by atoms with Crippen LogP contribution < -0.4 is 14.8 Å². The molecule has 3 aliphatic rings. The normalized spacial score (nSPS) is 19.1. The topological polar surface area (TPSA) is 72.4 Å². The van der Waals surface area contributed by atoms with Gasteiger partial charge in [-0.1, -0.05) is 5.16 Å². The molecule has 3 heterocycles. The number of ether oxygens (including phenoxy) is 2. The molecule has 7 nitrogen and oxygen atoms in total. The van der Waals surface area contributed by atoms with Crippen LogP contribution in [0.15, 0.2) is 47.6 Å². The molecule has 2 amide bonds. The highest BCUT2D eigenvalue weighted by molar-refractivity contribution is 6.02. The summed E-state index contributed by atoms with van der Waals surface area (Å²) in [5.74, 6) is 1.41. The molecule has 1 saturated heterocycles. The summed E-state index contributed by atoms with van der Waals surface area (Å²) in [6, 6.07) is 9.75. The minimum Gasteiger partial charge on any atom is -0.486 e. The lowest BCUT2D eigenvalue weighted by atomic mass is 9.85. The van der Waals surface area contributed by atoms with E-state index < -0.39 is 17.3 Å². The zero-order valence-electron chi connectivity index (χ0n) is 17.7. The number of nitrogens with one attached hydrogen (secondary N) is 1. The summed E-state index contributed by atoms with van der Waals surface area (Å²) in [4.78, 5) is 20.0. The highest BCUT2D eigenvalue weighted by Gasteiger charge is 2.43. The number of carbonyl (C=O) groups is 1. The molecule has 5 rings (SSSR count). The van der Waals surface area contributed by atoms with Crippen molar-refractivity contribution in [3.63, 3.8) is 0 Å². The van der Waals surface area contributed by atoms with Gasteiger partial charge in [0.25, 0.3) is 0 Å². The van der Waals surface area contributed by atoms with Crippen LogP contribution in [-0.2, 0) is 11.0 Å². The average Bonchev–Trinajstić information content (AvgIpc) is 3.22. The monoisotopic (exact) mass is 461 g/mol. The molecule has 0 atom stereocenters. The lowest BCUT2D eigenvalue weighted by Crippen LogP contribution is -2.48. The molecule has 10 heteroatoms. The summed E-state index contributed by atoms with van der Waals surface area (Å²) in [5, 5.41) is 6.96. The van der Waals surface area contributed by atoms with Gasteiger partial charge in [-0.2, -0.15) is 13.2 Å². The molecule has 0 aliphatic carbocycles. The molecule has 1 N–H and O–H groups in total. The molecule has 0 radical (unpaired) electrons. The number of carbonyl (C=O) groups excluding carboxylic acids is 1. The number of fused-ring (bicyclic) bond motifs is 1. The maximum Gasteiger partial charge on any atom is 0.416 e. The highest BCUT2D eigenvalue weighted by atomic mass is 19.4. The predicted octanol–water partition coefficient (Wildman–Crippen LogP) is 4.67. The van der Waals surface area contributed by atoms with Gasteiger partial charge in [0, 0.05) is 43.6 Å². The SMILES string of the molecule is O=C(Nc1ccc(C(F)(F)F)cc1)N1CCC2(CC1)CC(c1ccc3c(c1)OCCO3)=NO2. The van der Waals surface area contributed by atoms with Crippen LogP contribution in [0.1, 0.15) is 30.4 Å². The number of piperidine rings is 1. The fourth-order valence-corrected chi connectivity index (χ4v) is 4.23. The number of amides is 2. The van der Waals surface area contributed by atoms with Gasteiger partial charge in [-0.05, 0) is 42.5 Å². The predicted molar refractivity (Wildman–Crippen MR) is 114 cm³/mol. The molecule has 0 saturated carbocycles. The zero-order chi connectivity index (χ0) is 23.1. The van der Waals surface area contributed by atoms with Gasteiger partial charge in [-0.25, -0.2) is 4.79 Å². The van der Waals surface area contributed by atoms with E-state index in [2.05, 4.69) is 10.5 Å². The Hall–Kier alpha value is -3.43. The molecular weight excluding hydrogens is 439 g/mol. The number of likely N-dealkylation sites (tertiary alicyclic amines) is 1. The first-order chi connectivity index (χ1) is 15.8. The third-order valence-corrected chi connectivity index (χ3v) is 6.14. The molecule has 33 heavy (non-hydrogen) atoms. The van der Waals surface area contributed by atoms with Crippen molar-refractivity contribution in [1.82, 2.24) is 4.90 Å². The molecule has 0 aromatic heterocycles. The van der Waals surface area contributed by atoms with Crippen LogP contribution in [0.2, 0.25) is 0 Å². The molecule has 174 valence electrons. The van der Waals surface area contributed by atoms with E-state index in [9.17, 15) is 18.0 Å². The Balaban J connectivity index is 1.16. The summed E-state index contributed by atoms with van der Waals surface area (Å²) < 4.78 is 49.3. The molecule has 2 aromatic carbocycles. The standard InChI is InChI=1S/C23H22F3N3O4/c24-23(25,26)16-2-4-17(5-3-16)27-21(30)29-9-7-22(8-10-29)14-18(28-33-22)15-1-6-19-20(13-15)32-12-11-31-19/h1-6,13H,7-12,14H2,(H,27,30). The molecule has 0 unspecified atom stereocenters. The first kappa shape index (κ1) is 21.4. The quantitative estimate of drug-likeness (QED) is 0.706. The van der Waals surface area contributed by atoms with E-state index in [1.807, 2.05) is 18.2 Å². The second-order valence-electron chi connectivity index (χ2n) is 8.34. The number of nitrogens with zero attached hydrogens (tertiary/aromatic N) is 2. The molecule has 0 bridgehead atoms. The lowest BCUT2D eigenvalue weighted by Gasteiger charge is -2.37. The highest BCUT2D eigenvalue weighted by Crippen LogP contribution is 2.38. The Morgan fingerprint density at radius 2 is 1.70 bits per heavy atom. The average molecular weight is 461 g/mol. The van der Waals surface area contributed by atoms with Crippen LogP contribution in [0.25, 0.3) is 0 Å². The van der Waals surface area contributed by atoms with Gasteiger partial charge in [-0.15, -0.1) is 0 Å². The Morgan fingerprint density at radius 3 is 2.39 bits per heavy atom. The van der Waals surface area contributed by atoms with Crippen LogP contribution in [0.5, 0.6) is 11.5 Å². The van der Waals surface area contributed by atoms with Gasteiger partial charge in [0.2, 0.25) is 0 Å². The Morgan fingerprint density at radius 1 is 1.00 bits per heavy atom. The summed E-state index contributed by atoms with van der Waals surface area (Å²) in [7, 11) is 0. The van der Waals surface area contributed by atoms with Gasteiger partial charge in [-0.3, -0.25) is 0 Å². The van der Waals surface area contributed by atoms with Crippen LogP contribution >= 0.6 is 0 Å². The Bertz CT molecular complexity index is 1080. The number of alkyl halides is 3. The van der Waals surface area contributed by atoms with Crippen molar-refractivity contribution < 1.29 is 32.3 Å². The Labute approximate surface area is 188 Å². The molecule has 3 aliphatic heterocycles. The van der Waals surface area contributed by atoms with E-state index in [1.165, 1.54) is 12.1 Å². The van der Waals surface area contributed by atoms with Gasteiger partial charge in [0.1, 0.15) is 18.8 Å². The number of oxime groups is 1. The maximum atomic E-state index is 12.7. The number of hydrogen-bond donors (Lipinski definition) is 1. The van der Waals surface area contributed by atoms with Crippen molar-refractivity contribution in [2.75, 3.05) is 31.6 Å². The minimum absolute atomic E-state index is 0.314. The second kappa shape index (κ2) is 8.17. The van der Waals surface area contributed by atoms with Crippen molar-refractivity contribution in [3.05, 3.63) is 53.6 Å². The van der Waals surface area contributed by atoms with Crippen LogP contribution in [0.3, 0.4) is 0 Å². The number of anilines is 1. The minimum atomic E-state index is -4.41. The summed E-state index contributed by atoms with van der Waals surface area (Å²) in [6.07, 6.45) is -2.58. The Kier molecular flexibility index (Phi) is 5.30. The smallest absolute Gasteiger partial charge is 0.416 e. The van der Waals surface area contributed by atoms with Crippen molar-refractivity contribution in [1.29, 1.82) is 0 Å². The maximum absolute atomic E-state index is 12.7. The summed E-state index contributed by atoms with van der Waals surface area (Å²) in [6.45, 7) is 1.95. The fraction of sp³-hybridized carbons (Fsp3) is 0.391. The van der Waals surface area contributed by atoms with Crippen LogP contribution in [0, 0.1) is 0 Å². The van der Waals surface area contributed by atoms with Gasteiger partial charge in [0.15, 0.2) is 11.5 Å². The van der Waals surface area contributed by atoms with Crippen molar-refractivity contribution >= 4 is 17.4 Å². The van der Waals surface area contributed by atoms with Crippen LogP contribution in [0.4, 0.5) is 23.7 Å². The first-order valence-electron chi connectivity index (χ1n) is 10.7. The van der Waals surface area contributed by atoms with Crippen molar-refractivity contribution in [2.24, 2.45) is 5.16 Å². The van der Waals surface area contributed by atoms with E-state index in [4.69, 9.17) is 14.3 Å². The second-order valence-corrected chi connectivity index (χ2v) is 8.34. The number of hydrogen-bond acceptors (Lipinski definition) is 5. The van der Waals surface area contributed by atoms with Gasteiger partial charge in [0.05, 0.1) is 11.3 Å². The largest absolute Gasteiger partial charge is 0.486 e. The third kappa shape index (κ3) is 4.42. The van der Waals surface area contributed by atoms with Gasteiger partial charge >= 0.3 is 12.2 Å². The number of rotatable bonds is 2. The first-order valence-corrected chi connectivity index (χ1v) is 10.7. The van der Waals surface area contributed by atoms with E-state index in [0.717, 1.165) is 23.4 Å². The van der Waals surface area contributed by atoms with Crippen LogP contribution in [-0.4, -0.2) is 48.5 Å². The third-order valence-electron chi connectivity index (χ3n) is 6.14. The number of urea groups is 1. The van der Waals surface area contributed by atoms with Crippen molar-refractivity contribution in [3.8, 4) is 11.5 Å². The zero-order valence-corrected chi connectivity index (χ0v) is 17.7. The van der Waals surface area contributed by atoms with E-state index in [-0.39, 0.29) is 6.03 Å². The van der Waals surface area contributed by atoms with E-state index >= 15 is 0 Å². The molecule has 1 fully saturated rings. The fourth-order valence-electron chi connectivity index (χ4n) is 4.23. The summed E-state index contributed by atoms with van der Waals surface area (Å²) >= 11 is 0. The molecule has 2 aromatic rings. The lowest BCUT2D eigenvalue weighted by molar-refractivity contribution is -0.137. The number of benzene rings is 2. The van der Waals surface area contributed by atoms with Gasteiger partial charge < -0.3 is 24.5 Å². The van der Waals surface area contributed by atoms with Crippen molar-refractivity contribution in [2.45, 2.75) is 31.0 Å². The number of halogens is 3.